The van der Waals surface area contributed by atoms with Crippen LogP contribution in [0.4, 0.5) is 11.5 Å². The average molecular weight is 306 g/mol. The highest BCUT2D eigenvalue weighted by Crippen LogP contribution is 2.51. The first-order valence-electron chi connectivity index (χ1n) is 7.28. The van der Waals surface area contributed by atoms with E-state index in [4.69, 9.17) is 6.42 Å². The molecule has 1 aromatic carbocycles. The highest BCUT2D eigenvalue weighted by atomic mass is 16.2. The second-order valence-electron chi connectivity index (χ2n) is 5.90. The summed E-state index contributed by atoms with van der Waals surface area (Å²) in [6.45, 7) is 2.13. The molecule has 1 aromatic heterocycles. The molecule has 0 fully saturated rings. The van der Waals surface area contributed by atoms with Crippen LogP contribution in [0.2, 0.25) is 0 Å². The molecule has 2 aliphatic rings. The van der Waals surface area contributed by atoms with Crippen LogP contribution in [0.3, 0.4) is 0 Å². The highest BCUT2D eigenvalue weighted by molar-refractivity contribution is 6.15. The minimum absolute atomic E-state index is 0.0515. The van der Waals surface area contributed by atoms with Crippen molar-refractivity contribution in [3.05, 3.63) is 41.1 Å². The molecule has 1 spiro atoms. The largest absolute Gasteiger partial charge is 0.311 e. The minimum atomic E-state index is -1.05. The van der Waals surface area contributed by atoms with Crippen LogP contribution in [-0.2, 0) is 15.0 Å². The van der Waals surface area contributed by atoms with Crippen LogP contribution in [0.15, 0.2) is 24.4 Å². The van der Waals surface area contributed by atoms with E-state index in [-0.39, 0.29) is 24.8 Å². The van der Waals surface area contributed by atoms with Gasteiger partial charge in [-0.25, -0.2) is 0 Å². The summed E-state index contributed by atoms with van der Waals surface area (Å²) in [5.41, 5.74) is 2.24. The number of rotatable bonds is 1. The Hall–Kier alpha value is -3.07. The number of carbonyl (C=O) groups is 2. The third-order valence-corrected chi connectivity index (χ3v) is 4.55. The van der Waals surface area contributed by atoms with Crippen molar-refractivity contribution in [3.63, 3.8) is 0 Å². The molecule has 0 bridgehead atoms. The van der Waals surface area contributed by atoms with Crippen molar-refractivity contribution in [2.24, 2.45) is 0 Å². The maximum absolute atomic E-state index is 13.3. The first-order chi connectivity index (χ1) is 11.1. The lowest BCUT2D eigenvalue weighted by Crippen LogP contribution is -2.46. The van der Waals surface area contributed by atoms with Crippen molar-refractivity contribution in [2.45, 2.75) is 18.8 Å². The van der Waals surface area contributed by atoms with E-state index in [9.17, 15) is 9.59 Å². The molecular weight excluding hydrogens is 292 g/mol. The van der Waals surface area contributed by atoms with Gasteiger partial charge in [0.1, 0.15) is 11.2 Å². The van der Waals surface area contributed by atoms with Gasteiger partial charge in [-0.05, 0) is 18.6 Å². The van der Waals surface area contributed by atoms with E-state index in [1.54, 1.807) is 11.1 Å². The second-order valence-corrected chi connectivity index (χ2v) is 5.90. The topological polar surface area (TPSA) is 78.1 Å². The van der Waals surface area contributed by atoms with Crippen molar-refractivity contribution >= 4 is 23.3 Å². The van der Waals surface area contributed by atoms with Crippen molar-refractivity contribution in [1.29, 1.82) is 0 Å². The van der Waals surface area contributed by atoms with E-state index >= 15 is 0 Å². The van der Waals surface area contributed by atoms with Gasteiger partial charge in [-0.15, -0.1) is 6.42 Å². The summed E-state index contributed by atoms with van der Waals surface area (Å²) < 4.78 is 0. The number of nitrogens with one attached hydrogen (secondary N) is 2. The summed E-state index contributed by atoms with van der Waals surface area (Å²) >= 11 is 0. The fourth-order valence-electron chi connectivity index (χ4n) is 3.59. The Morgan fingerprint density at radius 3 is 3.00 bits per heavy atom. The zero-order valence-electron chi connectivity index (χ0n) is 12.5. The number of amides is 2. The number of hydrogen-bond donors (Lipinski definition) is 2. The van der Waals surface area contributed by atoms with Crippen LogP contribution in [0.5, 0.6) is 0 Å². The number of carbonyl (C=O) groups excluding carboxylic acids is 2. The fraction of sp³-hybridized carbons (Fsp3) is 0.235. The van der Waals surface area contributed by atoms with Crippen molar-refractivity contribution in [3.8, 4) is 12.3 Å². The van der Waals surface area contributed by atoms with Gasteiger partial charge in [0.05, 0.1) is 12.7 Å². The molecule has 2 amide bonds. The number of benzene rings is 1. The van der Waals surface area contributed by atoms with Crippen LogP contribution < -0.4 is 10.2 Å². The molecule has 23 heavy (non-hydrogen) atoms. The standard InChI is InChI=1S/C17H14N4O2/c1-3-6-21-13-5-4-10(2)7-11(13)17(16(21)23)8-14(22)19-15-12(17)9-18-20-15/h1,4-5,7,9H,6,8H2,2H3,(H2,18,19,20,22)/t17-/m0/s1. The van der Waals surface area contributed by atoms with Gasteiger partial charge in [-0.2, -0.15) is 5.10 Å². The molecule has 0 saturated heterocycles. The summed E-state index contributed by atoms with van der Waals surface area (Å²) in [4.78, 5) is 27.0. The van der Waals surface area contributed by atoms with Crippen LogP contribution in [0, 0.1) is 19.3 Å². The Labute approximate surface area is 132 Å². The van der Waals surface area contributed by atoms with Crippen LogP contribution in [-0.4, -0.2) is 28.6 Å². The Morgan fingerprint density at radius 2 is 2.22 bits per heavy atom. The van der Waals surface area contributed by atoms with E-state index in [2.05, 4.69) is 21.4 Å². The predicted molar refractivity (Wildman–Crippen MR) is 85.0 cm³/mol. The molecule has 2 aromatic rings. The summed E-state index contributed by atoms with van der Waals surface area (Å²) in [5.74, 6) is 2.61. The Morgan fingerprint density at radius 1 is 1.39 bits per heavy atom. The SMILES string of the molecule is C#CCN1C(=O)[C@@]2(CC(=O)Nc3[nH]ncc32)c2cc(C)ccc21. The molecule has 0 saturated carbocycles. The smallest absolute Gasteiger partial charge is 0.243 e. The molecule has 2 aliphatic heterocycles. The van der Waals surface area contributed by atoms with Gasteiger partial charge in [-0.3, -0.25) is 19.6 Å². The molecule has 4 rings (SSSR count). The molecule has 1 atom stereocenters. The van der Waals surface area contributed by atoms with E-state index < -0.39 is 5.41 Å². The summed E-state index contributed by atoms with van der Waals surface area (Å²) in [5, 5.41) is 9.50. The van der Waals surface area contributed by atoms with E-state index in [1.165, 1.54) is 0 Å². The normalized spacial score (nSPS) is 21.8. The molecule has 0 unspecified atom stereocenters. The van der Waals surface area contributed by atoms with Gasteiger partial charge in [0.2, 0.25) is 11.8 Å². The molecule has 2 N–H and O–H groups in total. The zero-order chi connectivity index (χ0) is 16.2. The van der Waals surface area contributed by atoms with Gasteiger partial charge >= 0.3 is 0 Å². The zero-order valence-corrected chi connectivity index (χ0v) is 12.5. The quantitative estimate of drug-likeness (QED) is 0.780. The molecule has 0 aliphatic carbocycles. The average Bonchev–Trinajstić information content (AvgIpc) is 3.06. The maximum Gasteiger partial charge on any atom is 0.243 e. The molecule has 3 heterocycles. The third-order valence-electron chi connectivity index (χ3n) is 4.55. The Kier molecular flexibility index (Phi) is 2.64. The Bertz CT molecular complexity index is 892. The van der Waals surface area contributed by atoms with E-state index in [0.29, 0.717) is 11.4 Å². The lowest BCUT2D eigenvalue weighted by atomic mass is 9.71. The number of terminal acetylenes is 1. The third kappa shape index (κ3) is 1.62. The number of anilines is 2. The van der Waals surface area contributed by atoms with Gasteiger partial charge < -0.3 is 5.32 Å². The monoisotopic (exact) mass is 306 g/mol. The maximum atomic E-state index is 13.3. The van der Waals surface area contributed by atoms with Crippen molar-refractivity contribution in [2.75, 3.05) is 16.8 Å². The number of aromatic nitrogens is 2. The summed E-state index contributed by atoms with van der Waals surface area (Å²) in [6, 6.07) is 5.79. The molecular formula is C17H14N4O2. The number of aromatic amines is 1. The van der Waals surface area contributed by atoms with Crippen LogP contribution >= 0.6 is 0 Å². The lowest BCUT2D eigenvalue weighted by Gasteiger charge is -2.31. The number of H-pyrrole nitrogens is 1. The lowest BCUT2D eigenvalue weighted by molar-refractivity contribution is -0.126. The molecule has 0 radical (unpaired) electrons. The Balaban J connectivity index is 2.04. The molecule has 6 nitrogen and oxygen atoms in total. The number of aryl methyl sites for hydroxylation is 1. The highest BCUT2D eigenvalue weighted by Gasteiger charge is 2.56. The number of hydrogen-bond acceptors (Lipinski definition) is 3. The van der Waals surface area contributed by atoms with Crippen LogP contribution in [0.1, 0.15) is 23.1 Å². The predicted octanol–water partition coefficient (Wildman–Crippen LogP) is 1.33. The number of fused-ring (bicyclic) bond motifs is 4. The first-order valence-corrected chi connectivity index (χ1v) is 7.28. The van der Waals surface area contributed by atoms with Gasteiger partial charge in [-0.1, -0.05) is 23.6 Å². The minimum Gasteiger partial charge on any atom is -0.311 e. The summed E-state index contributed by atoms with van der Waals surface area (Å²) in [7, 11) is 0. The van der Waals surface area contributed by atoms with Gasteiger partial charge in [0, 0.05) is 17.7 Å². The first kappa shape index (κ1) is 13.6. The number of nitrogens with zero attached hydrogens (tertiary/aromatic N) is 2. The van der Waals surface area contributed by atoms with Gasteiger partial charge in [0.25, 0.3) is 0 Å². The second kappa shape index (κ2) is 4.46. The van der Waals surface area contributed by atoms with Crippen molar-refractivity contribution < 1.29 is 9.59 Å². The molecule has 6 heteroatoms. The van der Waals surface area contributed by atoms with Gasteiger partial charge in [0.15, 0.2) is 0 Å². The van der Waals surface area contributed by atoms with Crippen molar-refractivity contribution in [1.82, 2.24) is 10.2 Å². The van der Waals surface area contributed by atoms with E-state index in [1.807, 2.05) is 25.1 Å². The van der Waals surface area contributed by atoms with E-state index in [0.717, 1.165) is 16.8 Å². The molecule has 114 valence electrons. The van der Waals surface area contributed by atoms with Crippen LogP contribution in [0.25, 0.3) is 0 Å². The fourth-order valence-corrected chi connectivity index (χ4v) is 3.59. The summed E-state index contributed by atoms with van der Waals surface area (Å²) in [6.07, 6.45) is 7.10.